The Kier molecular flexibility index (Phi) is 6.15. The maximum absolute atomic E-state index is 13.1. The fraction of sp³-hybridized carbons (Fsp3) is 0.737. The van der Waals surface area contributed by atoms with Crippen molar-refractivity contribution in [1.82, 2.24) is 4.98 Å². The van der Waals surface area contributed by atoms with E-state index < -0.39 is 18.4 Å². The number of alkyl halides is 3. The summed E-state index contributed by atoms with van der Waals surface area (Å²) >= 11 is 0. The van der Waals surface area contributed by atoms with Crippen LogP contribution in [0.15, 0.2) is 12.1 Å². The third-order valence-corrected chi connectivity index (χ3v) is 5.38. The Balaban J connectivity index is 1.73. The van der Waals surface area contributed by atoms with Crippen LogP contribution in [0, 0.1) is 0 Å². The van der Waals surface area contributed by atoms with E-state index in [1.807, 2.05) is 19.1 Å². The molecule has 3 rings (SSSR count). The van der Waals surface area contributed by atoms with Crippen molar-refractivity contribution >= 4 is 11.5 Å². The molecule has 2 fully saturated rings. The van der Waals surface area contributed by atoms with Crippen LogP contribution in [-0.4, -0.2) is 48.5 Å². The van der Waals surface area contributed by atoms with Crippen molar-refractivity contribution < 1.29 is 17.9 Å². The number of nitrogens with zero attached hydrogens (tertiary/aromatic N) is 2. The maximum Gasteiger partial charge on any atom is 0.416 e. The highest BCUT2D eigenvalue weighted by Crippen LogP contribution is 2.31. The molecule has 1 aliphatic heterocycles. The van der Waals surface area contributed by atoms with Crippen LogP contribution in [0.4, 0.5) is 24.7 Å². The van der Waals surface area contributed by atoms with Crippen molar-refractivity contribution in [3.8, 4) is 0 Å². The number of nitrogens with one attached hydrogen (secondary N) is 1. The molecule has 2 heterocycles. The fourth-order valence-corrected chi connectivity index (χ4v) is 3.87. The van der Waals surface area contributed by atoms with Gasteiger partial charge >= 0.3 is 6.18 Å². The number of aryl methyl sites for hydroxylation is 1. The number of aromatic nitrogens is 1. The van der Waals surface area contributed by atoms with Gasteiger partial charge in [0, 0.05) is 18.6 Å². The van der Waals surface area contributed by atoms with Gasteiger partial charge in [-0.05, 0) is 51.2 Å². The summed E-state index contributed by atoms with van der Waals surface area (Å²) in [4.78, 5) is 6.34. The molecule has 1 aromatic heterocycles. The summed E-state index contributed by atoms with van der Waals surface area (Å²) in [6.45, 7) is 3.84. The molecule has 27 heavy (non-hydrogen) atoms. The summed E-state index contributed by atoms with van der Waals surface area (Å²) in [5.74, 6) is 0.576. The molecule has 0 bridgehead atoms. The average Bonchev–Trinajstić information content (AvgIpc) is 2.62. The number of halogens is 3. The third-order valence-electron chi connectivity index (χ3n) is 5.38. The van der Waals surface area contributed by atoms with Crippen LogP contribution in [0.1, 0.15) is 45.2 Å². The van der Waals surface area contributed by atoms with E-state index in [1.165, 1.54) is 0 Å². The van der Waals surface area contributed by atoms with Crippen LogP contribution in [-0.2, 0) is 11.2 Å². The summed E-state index contributed by atoms with van der Waals surface area (Å²) in [5, 5.41) is 3.55. The largest absolute Gasteiger partial charge is 0.416 e. The van der Waals surface area contributed by atoms with Crippen molar-refractivity contribution in [1.29, 1.82) is 0 Å². The number of nitrogens with two attached hydrogens (primary N) is 1. The third kappa shape index (κ3) is 5.04. The Bertz CT molecular complexity index is 632. The van der Waals surface area contributed by atoms with E-state index >= 15 is 0 Å². The van der Waals surface area contributed by atoms with Crippen molar-refractivity contribution in [3.05, 3.63) is 17.8 Å². The lowest BCUT2D eigenvalue weighted by Crippen LogP contribution is -2.52. The zero-order valence-electron chi connectivity index (χ0n) is 15.9. The van der Waals surface area contributed by atoms with E-state index in [2.05, 4.69) is 10.3 Å². The van der Waals surface area contributed by atoms with Crippen LogP contribution in [0.2, 0.25) is 0 Å². The Labute approximate surface area is 158 Å². The molecule has 8 heteroatoms. The van der Waals surface area contributed by atoms with Crippen LogP contribution in [0.25, 0.3) is 0 Å². The number of anilines is 2. The minimum Gasteiger partial charge on any atom is -0.381 e. The molecular formula is C19H29F3N4O. The molecule has 1 aliphatic carbocycles. The van der Waals surface area contributed by atoms with E-state index in [1.54, 1.807) is 11.8 Å². The molecule has 2 unspecified atom stereocenters. The molecule has 2 atom stereocenters. The highest BCUT2D eigenvalue weighted by Gasteiger charge is 2.45. The van der Waals surface area contributed by atoms with Crippen LogP contribution < -0.4 is 16.0 Å². The van der Waals surface area contributed by atoms with Crippen LogP contribution in [0.3, 0.4) is 0 Å². The lowest BCUT2D eigenvalue weighted by Gasteiger charge is -2.38. The van der Waals surface area contributed by atoms with Gasteiger partial charge in [-0.1, -0.05) is 6.92 Å². The van der Waals surface area contributed by atoms with Crippen LogP contribution >= 0.6 is 0 Å². The number of ether oxygens (including phenoxy) is 1. The number of hydrogen-bond acceptors (Lipinski definition) is 5. The Morgan fingerprint density at radius 3 is 2.56 bits per heavy atom. The second-order valence-electron chi connectivity index (χ2n) is 7.66. The summed E-state index contributed by atoms with van der Waals surface area (Å²) in [7, 11) is 0. The summed E-state index contributed by atoms with van der Waals surface area (Å²) in [6.07, 6.45) is -1.86. The smallest absolute Gasteiger partial charge is 0.381 e. The molecule has 0 aromatic carbocycles. The van der Waals surface area contributed by atoms with Crippen LogP contribution in [0.5, 0.6) is 0 Å². The van der Waals surface area contributed by atoms with Crippen molar-refractivity contribution in [2.45, 2.75) is 76.4 Å². The second kappa shape index (κ2) is 8.22. The first-order valence-electron chi connectivity index (χ1n) is 9.75. The molecule has 152 valence electrons. The SMILES string of the molecule is CCc1nc(N2CC(C)OC(C(F)(F)F)C2)ccc1NC1CCC(N)CC1. The lowest BCUT2D eigenvalue weighted by atomic mass is 9.91. The highest BCUT2D eigenvalue weighted by molar-refractivity contribution is 5.55. The van der Waals surface area contributed by atoms with Gasteiger partial charge in [0.15, 0.2) is 6.10 Å². The molecule has 0 spiro atoms. The van der Waals surface area contributed by atoms with E-state index in [9.17, 15) is 13.2 Å². The number of rotatable bonds is 4. The topological polar surface area (TPSA) is 63.4 Å². The first-order chi connectivity index (χ1) is 12.8. The van der Waals surface area contributed by atoms with Gasteiger partial charge in [0.2, 0.25) is 0 Å². The zero-order chi connectivity index (χ0) is 19.6. The summed E-state index contributed by atoms with van der Waals surface area (Å²) in [6, 6.07) is 4.42. The van der Waals surface area contributed by atoms with E-state index in [-0.39, 0.29) is 6.54 Å². The van der Waals surface area contributed by atoms with Crippen molar-refractivity contribution in [2.24, 2.45) is 5.73 Å². The van der Waals surface area contributed by atoms with E-state index in [0.29, 0.717) is 30.9 Å². The molecule has 3 N–H and O–H groups in total. The van der Waals surface area contributed by atoms with Gasteiger partial charge in [0.25, 0.3) is 0 Å². The molecule has 0 radical (unpaired) electrons. The predicted octanol–water partition coefficient (Wildman–Crippen LogP) is 3.48. The Morgan fingerprint density at radius 1 is 1.22 bits per heavy atom. The predicted molar refractivity (Wildman–Crippen MR) is 100 cm³/mol. The van der Waals surface area contributed by atoms with E-state index in [0.717, 1.165) is 37.1 Å². The zero-order valence-corrected chi connectivity index (χ0v) is 15.9. The highest BCUT2D eigenvalue weighted by atomic mass is 19.4. The van der Waals surface area contributed by atoms with Gasteiger partial charge in [-0.2, -0.15) is 13.2 Å². The molecule has 1 saturated carbocycles. The molecular weight excluding hydrogens is 357 g/mol. The summed E-state index contributed by atoms with van der Waals surface area (Å²) in [5.41, 5.74) is 7.81. The first kappa shape index (κ1) is 20.2. The number of morpholine rings is 1. The molecule has 0 amide bonds. The Morgan fingerprint density at radius 2 is 1.93 bits per heavy atom. The van der Waals surface area contributed by atoms with Crippen molar-refractivity contribution in [3.63, 3.8) is 0 Å². The van der Waals surface area contributed by atoms with Gasteiger partial charge in [-0.25, -0.2) is 4.98 Å². The first-order valence-corrected chi connectivity index (χ1v) is 9.75. The number of pyridine rings is 1. The fourth-order valence-electron chi connectivity index (χ4n) is 3.87. The Hall–Kier alpha value is -1.54. The second-order valence-corrected chi connectivity index (χ2v) is 7.66. The lowest BCUT2D eigenvalue weighted by molar-refractivity contribution is -0.233. The summed E-state index contributed by atoms with van der Waals surface area (Å²) < 4.78 is 44.4. The molecule has 2 aliphatic rings. The average molecular weight is 386 g/mol. The molecule has 5 nitrogen and oxygen atoms in total. The van der Waals surface area contributed by atoms with Gasteiger partial charge < -0.3 is 20.7 Å². The van der Waals surface area contributed by atoms with Gasteiger partial charge in [0.05, 0.1) is 24.0 Å². The monoisotopic (exact) mass is 386 g/mol. The molecule has 1 saturated heterocycles. The van der Waals surface area contributed by atoms with Gasteiger partial charge in [-0.15, -0.1) is 0 Å². The normalized spacial score (nSPS) is 29.6. The van der Waals surface area contributed by atoms with E-state index in [4.69, 9.17) is 10.5 Å². The standard InChI is InChI=1S/C19H29F3N4O/c1-3-15-16(24-14-6-4-13(23)5-7-14)8-9-18(25-15)26-10-12(2)27-17(11-26)19(20,21)22/h8-9,12-14,17,24H,3-7,10-11,23H2,1-2H3. The minimum atomic E-state index is -4.37. The van der Waals surface area contributed by atoms with Gasteiger partial charge in [0.1, 0.15) is 5.82 Å². The molecule has 1 aromatic rings. The van der Waals surface area contributed by atoms with Crippen molar-refractivity contribution in [2.75, 3.05) is 23.3 Å². The number of hydrogen-bond donors (Lipinski definition) is 2. The van der Waals surface area contributed by atoms with Gasteiger partial charge in [-0.3, -0.25) is 0 Å². The quantitative estimate of drug-likeness (QED) is 0.830. The maximum atomic E-state index is 13.1. The minimum absolute atomic E-state index is 0.225.